The summed E-state index contributed by atoms with van der Waals surface area (Å²) in [4.78, 5) is 22.6. The molecule has 0 spiro atoms. The monoisotopic (exact) mass is 295 g/mol. The van der Waals surface area contributed by atoms with Crippen LogP contribution in [-0.2, 0) is 16.0 Å². The number of Topliss-reactive ketones (excluding diaryl/α,β-unsaturated/α-hetero) is 1. The maximum atomic E-state index is 11.5. The van der Waals surface area contributed by atoms with E-state index in [9.17, 15) is 9.59 Å². The van der Waals surface area contributed by atoms with Crippen molar-refractivity contribution in [3.8, 4) is 11.5 Å². The minimum absolute atomic E-state index is 0.0787. The summed E-state index contributed by atoms with van der Waals surface area (Å²) in [6, 6.07) is 4.91. The van der Waals surface area contributed by atoms with Crippen molar-refractivity contribution >= 4 is 11.7 Å². The lowest BCUT2D eigenvalue weighted by Gasteiger charge is -2.16. The molecule has 0 aromatic heterocycles. The molecule has 1 aromatic rings. The third-order valence-electron chi connectivity index (χ3n) is 2.76. The summed E-state index contributed by atoms with van der Waals surface area (Å²) >= 11 is 0. The Labute approximate surface area is 126 Å². The Morgan fingerprint density at radius 1 is 1.10 bits per heavy atom. The maximum Gasteiger partial charge on any atom is 0.217 e. The molecule has 0 heterocycles. The maximum absolute atomic E-state index is 11.5. The van der Waals surface area contributed by atoms with Gasteiger partial charge in [0.15, 0.2) is 17.3 Å². The van der Waals surface area contributed by atoms with Crippen LogP contribution in [0.5, 0.6) is 11.5 Å². The van der Waals surface area contributed by atoms with Crippen LogP contribution in [0.3, 0.4) is 0 Å². The Hall–Kier alpha value is -2.04. The van der Waals surface area contributed by atoms with Crippen molar-refractivity contribution in [1.82, 2.24) is 5.32 Å². The molecule has 5 heteroatoms. The summed E-state index contributed by atoms with van der Waals surface area (Å²) in [7, 11) is 3.12. The smallest absolute Gasteiger partial charge is 0.217 e. The Kier molecular flexibility index (Phi) is 8.85. The molecule has 1 rings (SSSR count). The van der Waals surface area contributed by atoms with E-state index in [0.717, 1.165) is 5.56 Å². The Bertz CT molecular complexity index is 471. The lowest BCUT2D eigenvalue weighted by molar-refractivity contribution is -0.125. The number of hydrogen-bond acceptors (Lipinski definition) is 4. The van der Waals surface area contributed by atoms with Crippen LogP contribution in [0.1, 0.15) is 33.3 Å². The molecule has 1 N–H and O–H groups in total. The summed E-state index contributed by atoms with van der Waals surface area (Å²) in [6.07, 6.45) is 0.426. The number of benzene rings is 1. The highest BCUT2D eigenvalue weighted by molar-refractivity contribution is 5.86. The van der Waals surface area contributed by atoms with Crippen LogP contribution >= 0.6 is 0 Å². The number of nitrogens with one attached hydrogen (secondary N) is 1. The van der Waals surface area contributed by atoms with E-state index in [2.05, 4.69) is 5.32 Å². The number of carbonyl (C=O) groups excluding carboxylic acids is 2. The van der Waals surface area contributed by atoms with Crippen molar-refractivity contribution in [2.24, 2.45) is 0 Å². The largest absolute Gasteiger partial charge is 0.493 e. The van der Waals surface area contributed by atoms with E-state index in [1.807, 2.05) is 19.9 Å². The van der Waals surface area contributed by atoms with Gasteiger partial charge in [0, 0.05) is 6.92 Å². The van der Waals surface area contributed by atoms with Crippen LogP contribution in [0.15, 0.2) is 18.2 Å². The highest BCUT2D eigenvalue weighted by Gasteiger charge is 2.16. The van der Waals surface area contributed by atoms with Gasteiger partial charge in [-0.15, -0.1) is 0 Å². The first-order valence-corrected chi connectivity index (χ1v) is 6.96. The average Bonchev–Trinajstić information content (AvgIpc) is 2.47. The second-order valence-electron chi connectivity index (χ2n) is 4.26. The van der Waals surface area contributed by atoms with E-state index in [1.165, 1.54) is 13.8 Å². The minimum atomic E-state index is -0.518. The molecule has 0 saturated carbocycles. The molecule has 0 unspecified atom stereocenters. The van der Waals surface area contributed by atoms with Crippen molar-refractivity contribution < 1.29 is 19.1 Å². The molecule has 0 bridgehead atoms. The predicted octanol–water partition coefficient (Wildman–Crippen LogP) is 2.37. The van der Waals surface area contributed by atoms with Crippen LogP contribution in [-0.4, -0.2) is 32.0 Å². The SMILES string of the molecule is CC.COc1ccc(C[C@@H](NC(C)=O)C(C)=O)cc1OC. The predicted molar refractivity (Wildman–Crippen MR) is 82.9 cm³/mol. The summed E-state index contributed by atoms with van der Waals surface area (Å²) in [6.45, 7) is 6.85. The molecule has 0 radical (unpaired) electrons. The molecule has 0 aliphatic carbocycles. The van der Waals surface area contributed by atoms with Gasteiger partial charge >= 0.3 is 0 Å². The quantitative estimate of drug-likeness (QED) is 0.875. The standard InChI is InChI=1S/C14H19NO4.C2H6/c1-9(16)12(15-10(2)17)7-11-5-6-13(18-3)14(8-11)19-4;1-2/h5-6,8,12H,7H2,1-4H3,(H,15,17);1-2H3/t12-;/m1./s1. The molecule has 0 saturated heterocycles. The molecule has 1 amide bonds. The Morgan fingerprint density at radius 3 is 2.10 bits per heavy atom. The number of rotatable bonds is 6. The van der Waals surface area contributed by atoms with Crippen LogP contribution in [0, 0.1) is 0 Å². The second kappa shape index (κ2) is 9.80. The van der Waals surface area contributed by atoms with E-state index in [-0.39, 0.29) is 11.7 Å². The van der Waals surface area contributed by atoms with Gasteiger partial charge in [-0.1, -0.05) is 19.9 Å². The van der Waals surface area contributed by atoms with Crippen LogP contribution in [0.25, 0.3) is 0 Å². The van der Waals surface area contributed by atoms with Crippen molar-refractivity contribution in [3.05, 3.63) is 23.8 Å². The van der Waals surface area contributed by atoms with Crippen molar-refractivity contribution in [2.45, 2.75) is 40.2 Å². The van der Waals surface area contributed by atoms with Gasteiger partial charge in [0.05, 0.1) is 20.3 Å². The van der Waals surface area contributed by atoms with Gasteiger partial charge in [-0.25, -0.2) is 0 Å². The zero-order valence-electron chi connectivity index (χ0n) is 13.6. The van der Waals surface area contributed by atoms with E-state index in [1.54, 1.807) is 26.4 Å². The molecule has 5 nitrogen and oxygen atoms in total. The van der Waals surface area contributed by atoms with Gasteiger partial charge in [0.25, 0.3) is 0 Å². The number of hydrogen-bond donors (Lipinski definition) is 1. The fourth-order valence-electron chi connectivity index (χ4n) is 1.79. The second-order valence-corrected chi connectivity index (χ2v) is 4.26. The highest BCUT2D eigenvalue weighted by atomic mass is 16.5. The molecular weight excluding hydrogens is 270 g/mol. The molecule has 1 atom stereocenters. The minimum Gasteiger partial charge on any atom is -0.493 e. The third kappa shape index (κ3) is 6.29. The number of methoxy groups -OCH3 is 2. The first-order valence-electron chi connectivity index (χ1n) is 6.96. The van der Waals surface area contributed by atoms with E-state index < -0.39 is 6.04 Å². The first kappa shape index (κ1) is 19.0. The van der Waals surface area contributed by atoms with Crippen molar-refractivity contribution in [1.29, 1.82) is 0 Å². The summed E-state index contributed by atoms with van der Waals surface area (Å²) in [5, 5.41) is 2.63. The van der Waals surface area contributed by atoms with Gasteiger partial charge < -0.3 is 14.8 Å². The van der Waals surface area contributed by atoms with Crippen molar-refractivity contribution in [3.63, 3.8) is 0 Å². The van der Waals surface area contributed by atoms with Crippen LogP contribution < -0.4 is 14.8 Å². The fourth-order valence-corrected chi connectivity index (χ4v) is 1.79. The summed E-state index contributed by atoms with van der Waals surface area (Å²) < 4.78 is 10.3. The molecule has 21 heavy (non-hydrogen) atoms. The molecule has 1 aromatic carbocycles. The fraction of sp³-hybridized carbons (Fsp3) is 0.500. The first-order chi connectivity index (χ1) is 9.97. The van der Waals surface area contributed by atoms with Gasteiger partial charge in [-0.05, 0) is 31.0 Å². The Balaban J connectivity index is 0.00000191. The Morgan fingerprint density at radius 2 is 1.67 bits per heavy atom. The van der Waals surface area contributed by atoms with E-state index in [4.69, 9.17) is 9.47 Å². The van der Waals surface area contributed by atoms with Crippen molar-refractivity contribution in [2.75, 3.05) is 14.2 Å². The average molecular weight is 295 g/mol. The molecular formula is C16H25NO4. The zero-order chi connectivity index (χ0) is 16.4. The molecule has 118 valence electrons. The van der Waals surface area contributed by atoms with Gasteiger partial charge in [0.2, 0.25) is 5.91 Å². The molecule has 0 aliphatic rings. The topological polar surface area (TPSA) is 64.6 Å². The summed E-state index contributed by atoms with van der Waals surface area (Å²) in [5.74, 6) is 0.931. The van der Waals surface area contributed by atoms with E-state index in [0.29, 0.717) is 17.9 Å². The van der Waals surface area contributed by atoms with Crippen LogP contribution in [0.2, 0.25) is 0 Å². The van der Waals surface area contributed by atoms with Gasteiger partial charge in [-0.2, -0.15) is 0 Å². The third-order valence-corrected chi connectivity index (χ3v) is 2.76. The molecule has 0 aliphatic heterocycles. The van der Waals surface area contributed by atoms with E-state index >= 15 is 0 Å². The van der Waals surface area contributed by atoms with Gasteiger partial charge in [0.1, 0.15) is 0 Å². The van der Waals surface area contributed by atoms with Crippen LogP contribution in [0.4, 0.5) is 0 Å². The number of ketones is 1. The highest BCUT2D eigenvalue weighted by Crippen LogP contribution is 2.28. The molecule has 0 fully saturated rings. The zero-order valence-corrected chi connectivity index (χ0v) is 13.6. The normalized spacial score (nSPS) is 10.8. The summed E-state index contributed by atoms with van der Waals surface area (Å²) in [5.41, 5.74) is 0.895. The number of carbonyl (C=O) groups is 2. The lowest BCUT2D eigenvalue weighted by atomic mass is 10.0. The number of ether oxygens (including phenoxy) is 2. The number of amides is 1. The lowest BCUT2D eigenvalue weighted by Crippen LogP contribution is -2.40. The van der Waals surface area contributed by atoms with Gasteiger partial charge in [-0.3, -0.25) is 9.59 Å².